The molecule has 4 nitrogen and oxygen atoms in total. The molecule has 0 radical (unpaired) electrons. The highest BCUT2D eigenvalue weighted by molar-refractivity contribution is 7.07. The van der Waals surface area contributed by atoms with Crippen molar-refractivity contribution in [2.75, 3.05) is 7.05 Å². The molecule has 0 aliphatic heterocycles. The lowest BCUT2D eigenvalue weighted by Gasteiger charge is -2.15. The topological polar surface area (TPSA) is 46.3 Å². The molecule has 0 saturated heterocycles. The van der Waals surface area contributed by atoms with E-state index >= 15 is 0 Å². The number of nitrogens with zero attached hydrogens (tertiary/aromatic N) is 2. The summed E-state index contributed by atoms with van der Waals surface area (Å²) in [7, 11) is 1.81. The minimum atomic E-state index is 0.0763. The molecule has 0 N–H and O–H groups in total. The highest BCUT2D eigenvalue weighted by atomic mass is 35.5. The van der Waals surface area contributed by atoms with Crippen molar-refractivity contribution in [2.45, 2.75) is 19.4 Å². The van der Waals surface area contributed by atoms with Gasteiger partial charge in [0, 0.05) is 37.0 Å². The van der Waals surface area contributed by atoms with Crippen LogP contribution in [0.15, 0.2) is 51.7 Å². The summed E-state index contributed by atoms with van der Waals surface area (Å²) >= 11 is 7.52. The van der Waals surface area contributed by atoms with Crippen LogP contribution in [-0.4, -0.2) is 22.8 Å². The van der Waals surface area contributed by atoms with Gasteiger partial charge in [0.25, 0.3) is 0 Å². The molecule has 124 valence electrons. The first-order valence-electron chi connectivity index (χ1n) is 7.57. The highest BCUT2D eigenvalue weighted by Gasteiger charge is 2.12. The standard InChI is InChI=1S/C18H17ClN2O2S/c1-21(11-13-8-9-24-12-13)18(22)7-6-17-20-10-16(23-17)14-2-4-15(19)5-3-14/h2-5,8-10,12H,6-7,11H2,1H3. The monoisotopic (exact) mass is 360 g/mol. The summed E-state index contributed by atoms with van der Waals surface area (Å²) in [6.45, 7) is 0.629. The van der Waals surface area contributed by atoms with Gasteiger partial charge < -0.3 is 9.32 Å². The fraction of sp³-hybridized carbons (Fsp3) is 0.222. The Morgan fingerprint density at radius 3 is 2.79 bits per heavy atom. The van der Waals surface area contributed by atoms with Crippen LogP contribution in [0.4, 0.5) is 0 Å². The van der Waals surface area contributed by atoms with Gasteiger partial charge in [-0.1, -0.05) is 11.6 Å². The Bertz CT molecular complexity index is 797. The molecule has 1 aromatic carbocycles. The molecule has 3 rings (SSSR count). The van der Waals surface area contributed by atoms with Crippen LogP contribution < -0.4 is 0 Å². The first-order chi connectivity index (χ1) is 11.6. The molecule has 0 bridgehead atoms. The normalized spacial score (nSPS) is 10.8. The summed E-state index contributed by atoms with van der Waals surface area (Å²) in [6.07, 6.45) is 2.54. The molecular formula is C18H17ClN2O2S. The minimum absolute atomic E-state index is 0.0763. The molecule has 0 atom stereocenters. The fourth-order valence-corrected chi connectivity index (χ4v) is 3.11. The number of benzene rings is 1. The van der Waals surface area contributed by atoms with E-state index in [1.165, 1.54) is 0 Å². The van der Waals surface area contributed by atoms with Crippen LogP contribution in [0, 0.1) is 0 Å². The van der Waals surface area contributed by atoms with Gasteiger partial charge in [0.15, 0.2) is 11.7 Å². The van der Waals surface area contributed by atoms with E-state index in [1.807, 2.05) is 42.8 Å². The molecule has 0 saturated carbocycles. The van der Waals surface area contributed by atoms with Crippen molar-refractivity contribution in [2.24, 2.45) is 0 Å². The molecule has 0 unspecified atom stereocenters. The first-order valence-corrected chi connectivity index (χ1v) is 8.89. The molecule has 0 aliphatic rings. The number of amides is 1. The maximum absolute atomic E-state index is 12.2. The number of hydrogen-bond acceptors (Lipinski definition) is 4. The van der Waals surface area contributed by atoms with Gasteiger partial charge >= 0.3 is 0 Å². The largest absolute Gasteiger partial charge is 0.441 e. The molecule has 1 amide bonds. The van der Waals surface area contributed by atoms with Gasteiger partial charge in [-0.25, -0.2) is 4.98 Å². The summed E-state index contributed by atoms with van der Waals surface area (Å²) in [6, 6.07) is 9.41. The predicted octanol–water partition coefficient (Wildman–Crippen LogP) is 4.65. The molecule has 0 aliphatic carbocycles. The third kappa shape index (κ3) is 4.24. The minimum Gasteiger partial charge on any atom is -0.441 e. The molecule has 2 aromatic heterocycles. The molecule has 2 heterocycles. The number of carbonyl (C=O) groups is 1. The maximum atomic E-state index is 12.2. The molecule has 6 heteroatoms. The summed E-state index contributed by atoms with van der Waals surface area (Å²) in [5.41, 5.74) is 2.07. The van der Waals surface area contributed by atoms with Crippen LogP contribution in [0.5, 0.6) is 0 Å². The Morgan fingerprint density at radius 1 is 1.29 bits per heavy atom. The molecule has 0 spiro atoms. The van der Waals surface area contributed by atoms with Gasteiger partial charge in [0.05, 0.1) is 6.20 Å². The lowest BCUT2D eigenvalue weighted by atomic mass is 10.2. The zero-order valence-corrected chi connectivity index (χ0v) is 14.8. The van der Waals surface area contributed by atoms with E-state index in [4.69, 9.17) is 16.0 Å². The number of oxazole rings is 1. The van der Waals surface area contributed by atoms with Gasteiger partial charge in [0.2, 0.25) is 5.91 Å². The van der Waals surface area contributed by atoms with E-state index in [9.17, 15) is 4.79 Å². The maximum Gasteiger partial charge on any atom is 0.223 e. The summed E-state index contributed by atoms with van der Waals surface area (Å²) in [5, 5.41) is 4.74. The fourth-order valence-electron chi connectivity index (χ4n) is 2.32. The van der Waals surface area contributed by atoms with E-state index in [0.29, 0.717) is 36.1 Å². The van der Waals surface area contributed by atoms with Crippen molar-refractivity contribution in [3.05, 3.63) is 63.8 Å². The predicted molar refractivity (Wildman–Crippen MR) is 96.1 cm³/mol. The number of halogens is 1. The van der Waals surface area contributed by atoms with Crippen molar-refractivity contribution in [3.63, 3.8) is 0 Å². The molecule has 24 heavy (non-hydrogen) atoms. The molecule has 3 aromatic rings. The zero-order valence-electron chi connectivity index (χ0n) is 13.2. The second-order valence-electron chi connectivity index (χ2n) is 5.51. The van der Waals surface area contributed by atoms with E-state index in [0.717, 1.165) is 11.1 Å². The quantitative estimate of drug-likeness (QED) is 0.643. The number of aryl methyl sites for hydroxylation is 1. The smallest absolute Gasteiger partial charge is 0.223 e. The number of aromatic nitrogens is 1. The second kappa shape index (κ2) is 7.64. The lowest BCUT2D eigenvalue weighted by molar-refractivity contribution is -0.130. The van der Waals surface area contributed by atoms with E-state index in [2.05, 4.69) is 10.4 Å². The Kier molecular flexibility index (Phi) is 5.33. The van der Waals surface area contributed by atoms with Crippen LogP contribution in [0.3, 0.4) is 0 Å². The van der Waals surface area contributed by atoms with Gasteiger partial charge in [-0.3, -0.25) is 4.79 Å². The molecule has 0 fully saturated rings. The Labute approximate surface area is 149 Å². The molecular weight excluding hydrogens is 344 g/mol. The van der Waals surface area contributed by atoms with E-state index < -0.39 is 0 Å². The van der Waals surface area contributed by atoms with Crippen LogP contribution in [0.25, 0.3) is 11.3 Å². The van der Waals surface area contributed by atoms with Crippen molar-refractivity contribution in [3.8, 4) is 11.3 Å². The Hall–Kier alpha value is -2.11. The summed E-state index contributed by atoms with van der Waals surface area (Å²) < 4.78 is 5.72. The van der Waals surface area contributed by atoms with Gasteiger partial charge in [0.1, 0.15) is 0 Å². The number of hydrogen-bond donors (Lipinski definition) is 0. The Balaban J connectivity index is 1.55. The van der Waals surface area contributed by atoms with Gasteiger partial charge in [-0.15, -0.1) is 0 Å². The van der Waals surface area contributed by atoms with Crippen molar-refractivity contribution >= 4 is 28.8 Å². The van der Waals surface area contributed by atoms with Crippen LogP contribution in [0.1, 0.15) is 17.9 Å². The Morgan fingerprint density at radius 2 is 2.08 bits per heavy atom. The highest BCUT2D eigenvalue weighted by Crippen LogP contribution is 2.22. The lowest BCUT2D eigenvalue weighted by Crippen LogP contribution is -2.26. The van der Waals surface area contributed by atoms with Gasteiger partial charge in [-0.05, 0) is 46.7 Å². The van der Waals surface area contributed by atoms with Crippen molar-refractivity contribution in [1.29, 1.82) is 0 Å². The van der Waals surface area contributed by atoms with Gasteiger partial charge in [-0.2, -0.15) is 11.3 Å². The average molecular weight is 361 g/mol. The number of carbonyl (C=O) groups excluding carboxylic acids is 1. The van der Waals surface area contributed by atoms with Crippen LogP contribution in [0.2, 0.25) is 5.02 Å². The number of thiophene rings is 1. The van der Waals surface area contributed by atoms with E-state index in [-0.39, 0.29) is 5.91 Å². The van der Waals surface area contributed by atoms with Crippen LogP contribution >= 0.6 is 22.9 Å². The third-order valence-electron chi connectivity index (χ3n) is 3.66. The average Bonchev–Trinajstić information content (AvgIpc) is 3.25. The third-order valence-corrected chi connectivity index (χ3v) is 4.64. The summed E-state index contributed by atoms with van der Waals surface area (Å²) in [4.78, 5) is 18.2. The second-order valence-corrected chi connectivity index (χ2v) is 6.72. The summed E-state index contributed by atoms with van der Waals surface area (Å²) in [5.74, 6) is 1.32. The van der Waals surface area contributed by atoms with Crippen molar-refractivity contribution in [1.82, 2.24) is 9.88 Å². The number of rotatable bonds is 6. The van der Waals surface area contributed by atoms with Crippen molar-refractivity contribution < 1.29 is 9.21 Å². The SMILES string of the molecule is CN(Cc1ccsc1)C(=O)CCc1ncc(-c2ccc(Cl)cc2)o1. The van der Waals surface area contributed by atoms with Crippen LogP contribution in [-0.2, 0) is 17.8 Å². The van der Waals surface area contributed by atoms with E-state index in [1.54, 1.807) is 22.4 Å². The zero-order chi connectivity index (χ0) is 16.9. The first kappa shape index (κ1) is 16.7.